The molecule has 0 aliphatic carbocycles. The molecule has 4 rings (SSSR count). The van der Waals surface area contributed by atoms with Gasteiger partial charge in [0.1, 0.15) is 17.2 Å². The molecular formula is C18H14FN3O. The maximum absolute atomic E-state index is 12.9. The Morgan fingerprint density at radius 1 is 1.22 bits per heavy atom. The largest absolute Gasteiger partial charge is 0.445 e. The molecule has 23 heavy (non-hydrogen) atoms. The Morgan fingerprint density at radius 2 is 2.09 bits per heavy atom. The van der Waals surface area contributed by atoms with E-state index in [9.17, 15) is 4.39 Å². The molecule has 0 saturated heterocycles. The molecule has 0 unspecified atom stereocenters. The summed E-state index contributed by atoms with van der Waals surface area (Å²) in [7, 11) is 0. The molecule has 2 aromatic heterocycles. The molecule has 4 nitrogen and oxygen atoms in total. The second-order valence-corrected chi connectivity index (χ2v) is 5.26. The number of allylic oxidation sites excluding steroid dienone is 1. The van der Waals surface area contributed by atoms with E-state index >= 15 is 0 Å². The Morgan fingerprint density at radius 3 is 2.96 bits per heavy atom. The first-order chi connectivity index (χ1) is 11.3. The van der Waals surface area contributed by atoms with E-state index in [1.807, 2.05) is 30.5 Å². The summed E-state index contributed by atoms with van der Waals surface area (Å²) in [6, 6.07) is 10.1. The third kappa shape index (κ3) is 2.81. The summed E-state index contributed by atoms with van der Waals surface area (Å²) < 4.78 is 18.7. The van der Waals surface area contributed by atoms with Crippen molar-refractivity contribution in [2.75, 3.05) is 5.32 Å². The van der Waals surface area contributed by atoms with Crippen molar-refractivity contribution in [1.29, 1.82) is 0 Å². The molecule has 114 valence electrons. The first-order valence-corrected chi connectivity index (χ1v) is 7.31. The minimum Gasteiger partial charge on any atom is -0.445 e. The van der Waals surface area contributed by atoms with Gasteiger partial charge in [-0.1, -0.05) is 0 Å². The van der Waals surface area contributed by atoms with Gasteiger partial charge in [-0.25, -0.2) is 9.37 Å². The van der Waals surface area contributed by atoms with Gasteiger partial charge >= 0.3 is 0 Å². The SMILES string of the molecule is Fc1ccc(NC2=CCC(=Cc3c[nH]c4ncccc34)O2)cc1. The summed E-state index contributed by atoms with van der Waals surface area (Å²) in [5.74, 6) is 1.24. The number of pyridine rings is 1. The maximum Gasteiger partial charge on any atom is 0.193 e. The average Bonchev–Trinajstić information content (AvgIpc) is 3.18. The van der Waals surface area contributed by atoms with Crippen LogP contribution in [0.15, 0.2) is 66.5 Å². The number of ether oxygens (including phenoxy) is 1. The van der Waals surface area contributed by atoms with E-state index in [0.29, 0.717) is 12.3 Å². The highest BCUT2D eigenvalue weighted by atomic mass is 19.1. The molecule has 0 atom stereocenters. The minimum absolute atomic E-state index is 0.259. The number of hydrogen-bond donors (Lipinski definition) is 2. The molecule has 1 aliphatic rings. The summed E-state index contributed by atoms with van der Waals surface area (Å²) >= 11 is 0. The number of hydrogen-bond acceptors (Lipinski definition) is 3. The Bertz CT molecular complexity index is 909. The molecule has 0 fully saturated rings. The molecule has 3 aromatic rings. The van der Waals surface area contributed by atoms with Gasteiger partial charge in [0.2, 0.25) is 0 Å². The van der Waals surface area contributed by atoms with Gasteiger partial charge in [0.15, 0.2) is 5.88 Å². The number of rotatable bonds is 3. The molecule has 1 aromatic carbocycles. The molecule has 0 saturated carbocycles. The number of anilines is 1. The lowest BCUT2D eigenvalue weighted by molar-refractivity contribution is 0.333. The Balaban J connectivity index is 1.49. The lowest BCUT2D eigenvalue weighted by atomic mass is 10.2. The summed E-state index contributed by atoms with van der Waals surface area (Å²) in [5.41, 5.74) is 2.68. The number of nitrogens with zero attached hydrogens (tertiary/aromatic N) is 1. The van der Waals surface area contributed by atoms with Crippen LogP contribution < -0.4 is 5.32 Å². The van der Waals surface area contributed by atoms with E-state index in [-0.39, 0.29) is 5.82 Å². The van der Waals surface area contributed by atoms with Crippen molar-refractivity contribution in [2.45, 2.75) is 6.42 Å². The fourth-order valence-electron chi connectivity index (χ4n) is 2.53. The molecule has 5 heteroatoms. The van der Waals surface area contributed by atoms with Crippen LogP contribution in [0.2, 0.25) is 0 Å². The zero-order valence-corrected chi connectivity index (χ0v) is 12.2. The zero-order valence-electron chi connectivity index (χ0n) is 12.2. The number of H-pyrrole nitrogens is 1. The Labute approximate surface area is 132 Å². The van der Waals surface area contributed by atoms with E-state index in [0.717, 1.165) is 28.0 Å². The molecule has 1 aliphatic heterocycles. The van der Waals surface area contributed by atoms with Gasteiger partial charge in [-0.15, -0.1) is 0 Å². The van der Waals surface area contributed by atoms with Crippen LogP contribution in [-0.2, 0) is 4.74 Å². The summed E-state index contributed by atoms with van der Waals surface area (Å²) in [5, 5.41) is 4.18. The van der Waals surface area contributed by atoms with E-state index in [1.54, 1.807) is 18.3 Å². The molecule has 2 N–H and O–H groups in total. The second-order valence-electron chi connectivity index (χ2n) is 5.26. The van der Waals surface area contributed by atoms with Crippen LogP contribution in [0.4, 0.5) is 10.1 Å². The number of fused-ring (bicyclic) bond motifs is 1. The van der Waals surface area contributed by atoms with Crippen molar-refractivity contribution in [1.82, 2.24) is 9.97 Å². The Hall–Kier alpha value is -3.08. The minimum atomic E-state index is -0.259. The highest BCUT2D eigenvalue weighted by molar-refractivity contribution is 5.86. The molecule has 3 heterocycles. The van der Waals surface area contributed by atoms with Gasteiger partial charge < -0.3 is 15.0 Å². The second kappa shape index (κ2) is 5.61. The van der Waals surface area contributed by atoms with Crippen molar-refractivity contribution in [3.05, 3.63) is 77.9 Å². The van der Waals surface area contributed by atoms with Gasteiger partial charge in [0.25, 0.3) is 0 Å². The fourth-order valence-corrected chi connectivity index (χ4v) is 2.53. The van der Waals surface area contributed by atoms with Crippen molar-refractivity contribution in [2.24, 2.45) is 0 Å². The van der Waals surface area contributed by atoms with E-state index in [1.165, 1.54) is 12.1 Å². The van der Waals surface area contributed by atoms with Crippen molar-refractivity contribution >= 4 is 22.8 Å². The third-order valence-electron chi connectivity index (χ3n) is 3.64. The van der Waals surface area contributed by atoms with Gasteiger partial charge in [-0.3, -0.25) is 0 Å². The normalized spacial score (nSPS) is 15.7. The smallest absolute Gasteiger partial charge is 0.193 e. The standard InChI is InChI=1S/C18H14FN3O/c19-13-3-5-14(6-4-13)22-17-8-7-15(23-17)10-12-11-21-18-16(12)2-1-9-20-18/h1-6,8-11,22H,7H2,(H,20,21). The molecule has 0 bridgehead atoms. The number of nitrogens with one attached hydrogen (secondary N) is 2. The maximum atomic E-state index is 12.9. The van der Waals surface area contributed by atoms with Crippen molar-refractivity contribution < 1.29 is 9.13 Å². The van der Waals surface area contributed by atoms with Crippen LogP contribution in [0.25, 0.3) is 17.1 Å². The number of halogens is 1. The number of aromatic nitrogens is 2. The van der Waals surface area contributed by atoms with Gasteiger partial charge in [0, 0.05) is 35.5 Å². The number of aromatic amines is 1. The number of benzene rings is 1. The lowest BCUT2D eigenvalue weighted by Crippen LogP contribution is -1.99. The van der Waals surface area contributed by atoms with Gasteiger partial charge in [-0.05, 0) is 48.6 Å². The van der Waals surface area contributed by atoms with E-state index in [4.69, 9.17) is 4.74 Å². The lowest BCUT2D eigenvalue weighted by Gasteiger charge is -2.08. The molecule has 0 spiro atoms. The summed E-state index contributed by atoms with van der Waals surface area (Å²) in [6.45, 7) is 0. The van der Waals surface area contributed by atoms with E-state index < -0.39 is 0 Å². The van der Waals surface area contributed by atoms with Crippen LogP contribution in [0.1, 0.15) is 12.0 Å². The first-order valence-electron chi connectivity index (χ1n) is 7.31. The molecular weight excluding hydrogens is 293 g/mol. The predicted molar refractivity (Wildman–Crippen MR) is 87.9 cm³/mol. The molecule has 0 amide bonds. The van der Waals surface area contributed by atoms with Crippen molar-refractivity contribution in [3.63, 3.8) is 0 Å². The van der Waals surface area contributed by atoms with Gasteiger partial charge in [0.05, 0.1) is 0 Å². The van der Waals surface area contributed by atoms with E-state index in [2.05, 4.69) is 15.3 Å². The summed E-state index contributed by atoms with van der Waals surface area (Å²) in [4.78, 5) is 7.41. The quantitative estimate of drug-likeness (QED) is 0.753. The average molecular weight is 307 g/mol. The van der Waals surface area contributed by atoms with Crippen LogP contribution in [0.5, 0.6) is 0 Å². The van der Waals surface area contributed by atoms with Crippen LogP contribution >= 0.6 is 0 Å². The van der Waals surface area contributed by atoms with Crippen LogP contribution in [0, 0.1) is 5.82 Å². The highest BCUT2D eigenvalue weighted by Gasteiger charge is 2.13. The fraction of sp³-hybridized carbons (Fsp3) is 0.0556. The third-order valence-corrected chi connectivity index (χ3v) is 3.64. The van der Waals surface area contributed by atoms with Gasteiger partial charge in [-0.2, -0.15) is 0 Å². The van der Waals surface area contributed by atoms with Crippen LogP contribution in [-0.4, -0.2) is 9.97 Å². The summed E-state index contributed by atoms with van der Waals surface area (Å²) in [6.07, 6.45) is 8.34. The van der Waals surface area contributed by atoms with Crippen molar-refractivity contribution in [3.8, 4) is 0 Å². The zero-order chi connectivity index (χ0) is 15.6. The monoisotopic (exact) mass is 307 g/mol. The predicted octanol–water partition coefficient (Wildman–Crippen LogP) is 4.42. The molecule has 0 radical (unpaired) electrons. The topological polar surface area (TPSA) is 49.9 Å². The highest BCUT2D eigenvalue weighted by Crippen LogP contribution is 2.26. The Kier molecular flexibility index (Phi) is 3.31. The van der Waals surface area contributed by atoms with Crippen LogP contribution in [0.3, 0.4) is 0 Å². The first kappa shape index (κ1) is 13.6.